The lowest BCUT2D eigenvalue weighted by Crippen LogP contribution is -2.45. The van der Waals surface area contributed by atoms with E-state index in [-0.39, 0.29) is 0 Å². The van der Waals surface area contributed by atoms with Crippen LogP contribution in [0, 0.1) is 5.92 Å². The van der Waals surface area contributed by atoms with Crippen LogP contribution in [0.1, 0.15) is 90.9 Å². The number of hydrazine groups is 1. The third-order valence-electron chi connectivity index (χ3n) is 4.92. The Hall–Kier alpha value is -0.120. The first-order valence-electron chi connectivity index (χ1n) is 9.37. The molecule has 0 bridgehead atoms. The molecule has 3 heteroatoms. The van der Waals surface area contributed by atoms with Crippen LogP contribution in [0.3, 0.4) is 0 Å². The summed E-state index contributed by atoms with van der Waals surface area (Å²) >= 11 is 0. The van der Waals surface area contributed by atoms with Crippen molar-refractivity contribution in [3.05, 3.63) is 0 Å². The zero-order valence-electron chi connectivity index (χ0n) is 14.4. The second kappa shape index (κ2) is 12.4. The van der Waals surface area contributed by atoms with Gasteiger partial charge in [0, 0.05) is 12.6 Å². The van der Waals surface area contributed by atoms with Crippen molar-refractivity contribution in [1.29, 1.82) is 0 Å². The van der Waals surface area contributed by atoms with Crippen molar-refractivity contribution in [1.82, 2.24) is 5.43 Å². The third kappa shape index (κ3) is 8.18. The average molecular weight is 299 g/mol. The molecule has 21 heavy (non-hydrogen) atoms. The van der Waals surface area contributed by atoms with E-state index in [0.29, 0.717) is 18.1 Å². The van der Waals surface area contributed by atoms with Gasteiger partial charge >= 0.3 is 0 Å². The fourth-order valence-electron chi connectivity index (χ4n) is 3.43. The summed E-state index contributed by atoms with van der Waals surface area (Å²) in [6.45, 7) is 5.46. The van der Waals surface area contributed by atoms with E-state index in [1.165, 1.54) is 70.6 Å². The number of unbranched alkanes of at least 4 members (excludes halogenated alkanes) is 9. The van der Waals surface area contributed by atoms with Crippen molar-refractivity contribution in [2.75, 3.05) is 6.61 Å². The topological polar surface area (TPSA) is 47.3 Å². The standard InChI is InChI=1S/C18H38N2O/c1-3-4-5-6-7-8-9-10-11-12-13-17(20-19)18-16(2)14-15-21-18/h16-18,20H,3-15,19H2,1-2H3. The first kappa shape index (κ1) is 18.9. The normalized spacial score (nSPS) is 23.6. The zero-order chi connectivity index (χ0) is 15.3. The Balaban J connectivity index is 1.93. The zero-order valence-corrected chi connectivity index (χ0v) is 14.4. The highest BCUT2D eigenvalue weighted by molar-refractivity contribution is 4.83. The molecule has 0 aromatic rings. The van der Waals surface area contributed by atoms with Gasteiger partial charge in [0.25, 0.3) is 0 Å². The van der Waals surface area contributed by atoms with Crippen molar-refractivity contribution >= 4 is 0 Å². The third-order valence-corrected chi connectivity index (χ3v) is 4.92. The minimum Gasteiger partial charge on any atom is -0.376 e. The van der Waals surface area contributed by atoms with Crippen LogP contribution in [-0.4, -0.2) is 18.8 Å². The first-order valence-corrected chi connectivity index (χ1v) is 9.37. The van der Waals surface area contributed by atoms with E-state index in [4.69, 9.17) is 10.6 Å². The number of ether oxygens (including phenoxy) is 1. The molecule has 3 atom stereocenters. The number of rotatable bonds is 13. The molecule has 0 saturated carbocycles. The summed E-state index contributed by atoms with van der Waals surface area (Å²) in [6.07, 6.45) is 16.5. The van der Waals surface area contributed by atoms with E-state index in [0.717, 1.165) is 13.0 Å². The van der Waals surface area contributed by atoms with Gasteiger partial charge in [0.15, 0.2) is 0 Å². The van der Waals surface area contributed by atoms with Gasteiger partial charge < -0.3 is 4.74 Å². The molecule has 3 unspecified atom stereocenters. The molecule has 0 aromatic heterocycles. The van der Waals surface area contributed by atoms with Gasteiger partial charge in [-0.3, -0.25) is 11.3 Å². The lowest BCUT2D eigenvalue weighted by molar-refractivity contribution is 0.0574. The Morgan fingerprint density at radius 3 is 2.05 bits per heavy atom. The van der Waals surface area contributed by atoms with E-state index >= 15 is 0 Å². The molecule has 0 radical (unpaired) electrons. The molecule has 0 aliphatic carbocycles. The van der Waals surface area contributed by atoms with Crippen molar-refractivity contribution in [3.8, 4) is 0 Å². The SMILES string of the molecule is CCCCCCCCCCCCC(NN)C1OCCC1C. The molecule has 0 amide bonds. The van der Waals surface area contributed by atoms with E-state index in [2.05, 4.69) is 19.3 Å². The smallest absolute Gasteiger partial charge is 0.0767 e. The molecular formula is C18H38N2O. The fourth-order valence-corrected chi connectivity index (χ4v) is 3.43. The Bertz CT molecular complexity index is 235. The van der Waals surface area contributed by atoms with E-state index in [1.54, 1.807) is 0 Å². The molecule has 3 N–H and O–H groups in total. The van der Waals surface area contributed by atoms with Gasteiger partial charge in [-0.05, 0) is 18.8 Å². The second-order valence-corrected chi connectivity index (χ2v) is 6.85. The van der Waals surface area contributed by atoms with Crippen LogP contribution < -0.4 is 11.3 Å². The monoisotopic (exact) mass is 298 g/mol. The molecule has 1 saturated heterocycles. The van der Waals surface area contributed by atoms with Crippen LogP contribution in [0.2, 0.25) is 0 Å². The van der Waals surface area contributed by atoms with Gasteiger partial charge in [-0.2, -0.15) is 0 Å². The van der Waals surface area contributed by atoms with Crippen LogP contribution >= 0.6 is 0 Å². The lowest BCUT2D eigenvalue weighted by atomic mass is 9.94. The van der Waals surface area contributed by atoms with E-state index in [1.807, 2.05) is 0 Å². The van der Waals surface area contributed by atoms with E-state index in [9.17, 15) is 0 Å². The molecule has 1 aliphatic heterocycles. The Morgan fingerprint density at radius 2 is 1.57 bits per heavy atom. The molecule has 1 fully saturated rings. The van der Waals surface area contributed by atoms with Crippen molar-refractivity contribution in [2.24, 2.45) is 11.8 Å². The molecule has 3 nitrogen and oxygen atoms in total. The minimum atomic E-state index is 0.327. The van der Waals surface area contributed by atoms with Crippen LogP contribution in [-0.2, 0) is 4.74 Å². The first-order chi connectivity index (χ1) is 10.3. The maximum atomic E-state index is 5.82. The molecule has 1 heterocycles. The van der Waals surface area contributed by atoms with Crippen molar-refractivity contribution in [2.45, 2.75) is 103 Å². The van der Waals surface area contributed by atoms with Crippen LogP contribution in [0.15, 0.2) is 0 Å². The maximum absolute atomic E-state index is 5.82. The van der Waals surface area contributed by atoms with Gasteiger partial charge in [0.1, 0.15) is 0 Å². The summed E-state index contributed by atoms with van der Waals surface area (Å²) in [5, 5.41) is 0. The number of nitrogens with two attached hydrogens (primary N) is 1. The lowest BCUT2D eigenvalue weighted by Gasteiger charge is -2.25. The summed E-state index contributed by atoms with van der Waals surface area (Å²) in [4.78, 5) is 0. The molecular weight excluding hydrogens is 260 g/mol. The van der Waals surface area contributed by atoms with Crippen LogP contribution in [0.5, 0.6) is 0 Å². The van der Waals surface area contributed by atoms with Gasteiger partial charge in [-0.25, -0.2) is 0 Å². The Kier molecular flexibility index (Phi) is 11.2. The van der Waals surface area contributed by atoms with Crippen molar-refractivity contribution < 1.29 is 4.74 Å². The maximum Gasteiger partial charge on any atom is 0.0767 e. The summed E-state index contributed by atoms with van der Waals surface area (Å²) in [5.41, 5.74) is 2.98. The van der Waals surface area contributed by atoms with Crippen LogP contribution in [0.25, 0.3) is 0 Å². The summed E-state index contributed by atoms with van der Waals surface area (Å²) in [5.74, 6) is 6.35. The Labute approximate surface area is 132 Å². The summed E-state index contributed by atoms with van der Waals surface area (Å²) in [7, 11) is 0. The van der Waals surface area contributed by atoms with Crippen molar-refractivity contribution in [3.63, 3.8) is 0 Å². The fraction of sp³-hybridized carbons (Fsp3) is 1.00. The quantitative estimate of drug-likeness (QED) is 0.298. The summed E-state index contributed by atoms with van der Waals surface area (Å²) < 4.78 is 5.82. The number of hydrogen-bond acceptors (Lipinski definition) is 3. The van der Waals surface area contributed by atoms with Gasteiger partial charge in [0.05, 0.1) is 6.10 Å². The van der Waals surface area contributed by atoms with Crippen LogP contribution in [0.4, 0.5) is 0 Å². The highest BCUT2D eigenvalue weighted by atomic mass is 16.5. The molecule has 1 rings (SSSR count). The largest absolute Gasteiger partial charge is 0.376 e. The second-order valence-electron chi connectivity index (χ2n) is 6.85. The highest BCUT2D eigenvalue weighted by Crippen LogP contribution is 2.25. The molecule has 0 spiro atoms. The average Bonchev–Trinajstić information content (AvgIpc) is 2.91. The number of nitrogens with one attached hydrogen (secondary N) is 1. The van der Waals surface area contributed by atoms with Gasteiger partial charge in [-0.15, -0.1) is 0 Å². The van der Waals surface area contributed by atoms with Gasteiger partial charge in [0.2, 0.25) is 0 Å². The molecule has 1 aliphatic rings. The summed E-state index contributed by atoms with van der Waals surface area (Å²) in [6, 6.07) is 0.344. The predicted octanol–water partition coefficient (Wildman–Crippen LogP) is 4.55. The van der Waals surface area contributed by atoms with Gasteiger partial charge in [-0.1, -0.05) is 78.1 Å². The molecule has 0 aromatic carbocycles. The number of hydrogen-bond donors (Lipinski definition) is 2. The predicted molar refractivity (Wildman–Crippen MR) is 91.1 cm³/mol. The van der Waals surface area contributed by atoms with E-state index < -0.39 is 0 Å². The highest BCUT2D eigenvalue weighted by Gasteiger charge is 2.30. The Morgan fingerprint density at radius 1 is 1.00 bits per heavy atom. The molecule has 126 valence electrons. The minimum absolute atomic E-state index is 0.327.